The van der Waals surface area contributed by atoms with Gasteiger partial charge in [0.2, 0.25) is 0 Å². The standard InChI is InChI=1S/C12H16N4O2/c17-5-4-8-2-1-3-9(8)16-7-15-10-11(16)13-6-14-12(10)18/h6-9,17H,1-5H2,(H,13,14,18)/t8-,9+/m1/s1. The molecule has 6 heteroatoms. The van der Waals surface area contributed by atoms with Gasteiger partial charge in [-0.2, -0.15) is 0 Å². The lowest BCUT2D eigenvalue weighted by Crippen LogP contribution is -2.16. The van der Waals surface area contributed by atoms with Crippen LogP contribution < -0.4 is 5.56 Å². The molecule has 6 nitrogen and oxygen atoms in total. The fourth-order valence-electron chi connectivity index (χ4n) is 2.99. The Balaban J connectivity index is 2.04. The Morgan fingerprint density at radius 2 is 2.33 bits per heavy atom. The summed E-state index contributed by atoms with van der Waals surface area (Å²) in [7, 11) is 0. The summed E-state index contributed by atoms with van der Waals surface area (Å²) in [4.78, 5) is 22.5. The molecule has 1 saturated carbocycles. The van der Waals surface area contributed by atoms with Crippen LogP contribution in [0.1, 0.15) is 31.7 Å². The Hall–Kier alpha value is -1.69. The predicted molar refractivity (Wildman–Crippen MR) is 66.2 cm³/mol. The molecule has 0 saturated heterocycles. The van der Waals surface area contributed by atoms with E-state index < -0.39 is 0 Å². The zero-order valence-electron chi connectivity index (χ0n) is 10.0. The summed E-state index contributed by atoms with van der Waals surface area (Å²) in [6.07, 6.45) is 7.25. The lowest BCUT2D eigenvalue weighted by Gasteiger charge is -2.20. The van der Waals surface area contributed by atoms with Crippen molar-refractivity contribution in [1.82, 2.24) is 19.5 Å². The van der Waals surface area contributed by atoms with E-state index in [1.165, 1.54) is 6.33 Å². The van der Waals surface area contributed by atoms with E-state index in [4.69, 9.17) is 5.11 Å². The predicted octanol–water partition coefficient (Wildman–Crippen LogP) is 0.843. The van der Waals surface area contributed by atoms with Crippen molar-refractivity contribution in [3.05, 3.63) is 23.0 Å². The number of nitrogens with one attached hydrogen (secondary N) is 1. The first-order valence-electron chi connectivity index (χ1n) is 6.32. The fourth-order valence-corrected chi connectivity index (χ4v) is 2.99. The normalized spacial score (nSPS) is 23.8. The molecule has 3 rings (SSSR count). The molecule has 0 radical (unpaired) electrons. The zero-order valence-corrected chi connectivity index (χ0v) is 10.0. The van der Waals surface area contributed by atoms with Crippen molar-refractivity contribution in [1.29, 1.82) is 0 Å². The summed E-state index contributed by atoms with van der Waals surface area (Å²) >= 11 is 0. The molecule has 2 atom stereocenters. The van der Waals surface area contributed by atoms with Crippen LogP contribution in [-0.4, -0.2) is 31.2 Å². The molecule has 0 bridgehead atoms. The first-order valence-corrected chi connectivity index (χ1v) is 6.32. The highest BCUT2D eigenvalue weighted by Crippen LogP contribution is 2.38. The largest absolute Gasteiger partial charge is 0.396 e. The average molecular weight is 248 g/mol. The van der Waals surface area contributed by atoms with E-state index in [9.17, 15) is 4.79 Å². The molecule has 2 N–H and O–H groups in total. The van der Waals surface area contributed by atoms with Gasteiger partial charge >= 0.3 is 0 Å². The van der Waals surface area contributed by atoms with E-state index in [1.807, 2.05) is 4.57 Å². The lowest BCUT2D eigenvalue weighted by atomic mass is 10.00. The zero-order chi connectivity index (χ0) is 12.5. The van der Waals surface area contributed by atoms with Crippen LogP contribution in [0.25, 0.3) is 11.2 Å². The van der Waals surface area contributed by atoms with E-state index >= 15 is 0 Å². The maximum absolute atomic E-state index is 11.6. The van der Waals surface area contributed by atoms with Crippen LogP contribution in [-0.2, 0) is 0 Å². The maximum Gasteiger partial charge on any atom is 0.278 e. The van der Waals surface area contributed by atoms with E-state index in [1.54, 1.807) is 6.33 Å². The Bertz CT molecular complexity index is 603. The lowest BCUT2D eigenvalue weighted by molar-refractivity contribution is 0.236. The highest BCUT2D eigenvalue weighted by Gasteiger charge is 2.29. The molecule has 0 aliphatic heterocycles. The van der Waals surface area contributed by atoms with Gasteiger partial charge in [-0.3, -0.25) is 4.79 Å². The number of hydrogen-bond acceptors (Lipinski definition) is 4. The van der Waals surface area contributed by atoms with Crippen molar-refractivity contribution in [2.45, 2.75) is 31.7 Å². The SMILES string of the molecule is O=c1[nH]cnc2c1ncn2[C@H]1CCC[C@@H]1CCO. The molecular formula is C12H16N4O2. The number of nitrogens with zero attached hydrogens (tertiary/aromatic N) is 3. The highest BCUT2D eigenvalue weighted by molar-refractivity contribution is 5.68. The minimum Gasteiger partial charge on any atom is -0.396 e. The summed E-state index contributed by atoms with van der Waals surface area (Å²) in [5.74, 6) is 0.452. The van der Waals surface area contributed by atoms with E-state index in [-0.39, 0.29) is 12.2 Å². The van der Waals surface area contributed by atoms with E-state index in [2.05, 4.69) is 15.0 Å². The third-order valence-corrected chi connectivity index (χ3v) is 3.84. The smallest absolute Gasteiger partial charge is 0.278 e. The minimum absolute atomic E-state index is 0.199. The molecule has 96 valence electrons. The van der Waals surface area contributed by atoms with Gasteiger partial charge in [-0.05, 0) is 25.2 Å². The second kappa shape index (κ2) is 4.53. The summed E-state index contributed by atoms with van der Waals surface area (Å²) in [5, 5.41) is 9.10. The van der Waals surface area contributed by atoms with Crippen LogP contribution in [0.3, 0.4) is 0 Å². The molecule has 0 amide bonds. The second-order valence-electron chi connectivity index (χ2n) is 4.83. The number of aromatic amines is 1. The van der Waals surface area contributed by atoms with Gasteiger partial charge in [0.05, 0.1) is 12.7 Å². The number of imidazole rings is 1. The average Bonchev–Trinajstić information content (AvgIpc) is 2.96. The molecule has 18 heavy (non-hydrogen) atoms. The van der Waals surface area contributed by atoms with Gasteiger partial charge in [0, 0.05) is 12.6 Å². The number of aliphatic hydroxyl groups excluding tert-OH is 1. The fraction of sp³-hybridized carbons (Fsp3) is 0.583. The van der Waals surface area contributed by atoms with Crippen molar-refractivity contribution in [2.75, 3.05) is 6.61 Å². The van der Waals surface area contributed by atoms with Crippen LogP contribution in [0.2, 0.25) is 0 Å². The van der Waals surface area contributed by atoms with Gasteiger partial charge in [0.1, 0.15) is 0 Å². The summed E-state index contributed by atoms with van der Waals surface area (Å²) in [6, 6.07) is 0.302. The van der Waals surface area contributed by atoms with Crippen LogP contribution >= 0.6 is 0 Å². The quantitative estimate of drug-likeness (QED) is 0.843. The Labute approximate surface area is 104 Å². The number of fused-ring (bicyclic) bond motifs is 1. The van der Waals surface area contributed by atoms with Gasteiger partial charge in [-0.1, -0.05) is 6.42 Å². The topological polar surface area (TPSA) is 83.8 Å². The van der Waals surface area contributed by atoms with Gasteiger partial charge in [0.25, 0.3) is 5.56 Å². The number of hydrogen-bond donors (Lipinski definition) is 2. The highest BCUT2D eigenvalue weighted by atomic mass is 16.3. The molecule has 0 spiro atoms. The van der Waals surface area contributed by atoms with Crippen LogP contribution in [0.5, 0.6) is 0 Å². The molecule has 1 fully saturated rings. The molecule has 0 aromatic carbocycles. The maximum atomic E-state index is 11.6. The van der Waals surface area contributed by atoms with Crippen molar-refractivity contribution >= 4 is 11.2 Å². The molecule has 0 unspecified atom stereocenters. The van der Waals surface area contributed by atoms with Crippen molar-refractivity contribution < 1.29 is 5.11 Å². The van der Waals surface area contributed by atoms with Crippen molar-refractivity contribution in [3.63, 3.8) is 0 Å². The molecular weight excluding hydrogens is 232 g/mol. The van der Waals surface area contributed by atoms with Crippen LogP contribution in [0, 0.1) is 5.92 Å². The Morgan fingerprint density at radius 3 is 3.17 bits per heavy atom. The van der Waals surface area contributed by atoms with Gasteiger partial charge in [-0.15, -0.1) is 0 Å². The number of aromatic nitrogens is 4. The summed E-state index contributed by atoms with van der Waals surface area (Å²) < 4.78 is 2.00. The number of aliphatic hydroxyl groups is 1. The summed E-state index contributed by atoms with van der Waals surface area (Å²) in [5.41, 5.74) is 0.844. The third kappa shape index (κ3) is 1.73. The molecule has 2 heterocycles. The summed E-state index contributed by atoms with van der Waals surface area (Å²) in [6.45, 7) is 0.210. The van der Waals surface area contributed by atoms with Crippen molar-refractivity contribution in [3.8, 4) is 0 Å². The van der Waals surface area contributed by atoms with Crippen LogP contribution in [0.4, 0.5) is 0 Å². The third-order valence-electron chi connectivity index (χ3n) is 3.84. The van der Waals surface area contributed by atoms with Crippen molar-refractivity contribution in [2.24, 2.45) is 5.92 Å². The van der Waals surface area contributed by atoms with Gasteiger partial charge in [0.15, 0.2) is 11.2 Å². The number of H-pyrrole nitrogens is 1. The Morgan fingerprint density at radius 1 is 1.44 bits per heavy atom. The Kier molecular flexibility index (Phi) is 2.87. The first-order chi connectivity index (χ1) is 8.81. The van der Waals surface area contributed by atoms with Gasteiger partial charge in [-0.25, -0.2) is 9.97 Å². The van der Waals surface area contributed by atoms with Gasteiger partial charge < -0.3 is 14.7 Å². The molecule has 1 aliphatic rings. The second-order valence-corrected chi connectivity index (χ2v) is 4.83. The monoisotopic (exact) mass is 248 g/mol. The molecule has 2 aromatic heterocycles. The van der Waals surface area contributed by atoms with E-state index in [0.717, 1.165) is 25.7 Å². The van der Waals surface area contributed by atoms with Crippen LogP contribution in [0.15, 0.2) is 17.4 Å². The van der Waals surface area contributed by atoms with E-state index in [0.29, 0.717) is 23.1 Å². The first kappa shape index (κ1) is 11.4. The minimum atomic E-state index is -0.199. The number of rotatable bonds is 3. The molecule has 2 aromatic rings. The molecule has 1 aliphatic carbocycles.